The van der Waals surface area contributed by atoms with E-state index >= 15 is 0 Å². The third-order valence-electron chi connectivity index (χ3n) is 4.01. The molecule has 2 N–H and O–H groups in total. The normalized spacial score (nSPS) is 16.8. The Bertz CT molecular complexity index is 869. The van der Waals surface area contributed by atoms with E-state index in [4.69, 9.17) is 14.9 Å². The molecule has 4 rings (SSSR count). The van der Waals surface area contributed by atoms with Crippen LogP contribution in [0.3, 0.4) is 0 Å². The van der Waals surface area contributed by atoms with E-state index in [0.29, 0.717) is 0 Å². The fourth-order valence-electron chi connectivity index (χ4n) is 2.75. The van der Waals surface area contributed by atoms with Crippen molar-refractivity contribution in [2.24, 2.45) is 5.73 Å². The fourth-order valence-corrected chi connectivity index (χ4v) is 2.75. The molecule has 5 heteroatoms. The molecule has 120 valence electrons. The van der Waals surface area contributed by atoms with E-state index in [1.54, 1.807) is 0 Å². The summed E-state index contributed by atoms with van der Waals surface area (Å²) in [5.41, 5.74) is 9.93. The lowest BCUT2D eigenvalue weighted by Gasteiger charge is -2.20. The number of nitrogens with two attached hydrogens (primary N) is 1. The van der Waals surface area contributed by atoms with Crippen LogP contribution in [0.2, 0.25) is 0 Å². The minimum absolute atomic E-state index is 0.543. The molecule has 0 bridgehead atoms. The lowest BCUT2D eigenvalue weighted by Crippen LogP contribution is -2.36. The van der Waals surface area contributed by atoms with Gasteiger partial charge in [0.05, 0.1) is 11.9 Å². The summed E-state index contributed by atoms with van der Waals surface area (Å²) in [6.07, 6.45) is 2.84. The molecule has 0 radical (unpaired) electrons. The Kier molecular flexibility index (Phi) is 3.55. The highest BCUT2D eigenvalue weighted by Crippen LogP contribution is 2.31. The van der Waals surface area contributed by atoms with Crippen LogP contribution in [0.15, 0.2) is 71.6 Å². The van der Waals surface area contributed by atoms with E-state index in [0.717, 1.165) is 34.0 Å². The predicted molar refractivity (Wildman–Crippen MR) is 92.6 cm³/mol. The van der Waals surface area contributed by atoms with Gasteiger partial charge >= 0.3 is 0 Å². The Morgan fingerprint density at radius 1 is 1.00 bits per heavy atom. The molecule has 1 aliphatic heterocycles. The second-order valence-corrected chi connectivity index (χ2v) is 5.59. The fraction of sp³-hybridized carbons (Fsp3) is 0.105. The molecule has 1 unspecified atom stereocenters. The van der Waals surface area contributed by atoms with Gasteiger partial charge in [-0.3, -0.25) is 10.6 Å². The second kappa shape index (κ2) is 5.86. The Balaban J connectivity index is 1.62. The summed E-state index contributed by atoms with van der Waals surface area (Å²) in [5.74, 6) is 1.54. The molecule has 0 saturated heterocycles. The number of hydrogen-bond acceptors (Lipinski definition) is 5. The summed E-state index contributed by atoms with van der Waals surface area (Å²) < 4.78 is 11.2. The molecule has 1 aliphatic rings. The Hall–Kier alpha value is -3.05. The number of rotatable bonds is 3. The SMILES string of the molecule is Cc1ncoc1-c1ccc(N2C=C(c3ccccc3)OC2N)cc1. The zero-order chi connectivity index (χ0) is 16.5. The molecule has 24 heavy (non-hydrogen) atoms. The van der Waals surface area contributed by atoms with Gasteiger partial charge < -0.3 is 9.15 Å². The molecular weight excluding hydrogens is 302 g/mol. The Labute approximate surface area is 140 Å². The van der Waals surface area contributed by atoms with Gasteiger partial charge in [-0.15, -0.1) is 0 Å². The van der Waals surface area contributed by atoms with Crippen molar-refractivity contribution in [3.63, 3.8) is 0 Å². The molecule has 2 aromatic carbocycles. The number of aromatic nitrogens is 1. The van der Waals surface area contributed by atoms with E-state index in [1.807, 2.05) is 72.6 Å². The standard InChI is InChI=1S/C19H17N3O2/c1-13-18(23-12-21-13)15-7-9-16(10-8-15)22-11-17(24-19(22)20)14-5-3-2-4-6-14/h2-12,19H,20H2,1H3. The van der Waals surface area contributed by atoms with Crippen LogP contribution in [0.1, 0.15) is 11.3 Å². The first-order valence-corrected chi connectivity index (χ1v) is 7.71. The van der Waals surface area contributed by atoms with Crippen LogP contribution in [0.4, 0.5) is 5.69 Å². The Morgan fingerprint density at radius 3 is 2.42 bits per heavy atom. The van der Waals surface area contributed by atoms with Gasteiger partial charge in [-0.2, -0.15) is 0 Å². The first kappa shape index (κ1) is 14.5. The maximum Gasteiger partial charge on any atom is 0.231 e. The highest BCUT2D eigenvalue weighted by molar-refractivity contribution is 5.69. The van der Waals surface area contributed by atoms with Gasteiger partial charge in [0.25, 0.3) is 0 Å². The van der Waals surface area contributed by atoms with Crippen molar-refractivity contribution in [2.45, 2.75) is 13.3 Å². The van der Waals surface area contributed by atoms with E-state index in [-0.39, 0.29) is 0 Å². The lowest BCUT2D eigenvalue weighted by atomic mass is 10.1. The summed E-state index contributed by atoms with van der Waals surface area (Å²) in [7, 11) is 0. The van der Waals surface area contributed by atoms with E-state index < -0.39 is 6.35 Å². The van der Waals surface area contributed by atoms with Crippen molar-refractivity contribution in [2.75, 3.05) is 4.90 Å². The van der Waals surface area contributed by atoms with Crippen LogP contribution in [-0.2, 0) is 4.74 Å². The highest BCUT2D eigenvalue weighted by atomic mass is 16.5. The van der Waals surface area contributed by atoms with Gasteiger partial charge in [-0.05, 0) is 31.2 Å². The molecular formula is C19H17N3O2. The van der Waals surface area contributed by atoms with Crippen molar-refractivity contribution in [1.82, 2.24) is 4.98 Å². The number of hydrogen-bond donors (Lipinski definition) is 1. The number of anilines is 1. The first-order valence-electron chi connectivity index (χ1n) is 7.71. The van der Waals surface area contributed by atoms with Gasteiger partial charge in [0.1, 0.15) is 5.76 Å². The molecule has 0 amide bonds. The maximum atomic E-state index is 6.12. The monoisotopic (exact) mass is 319 g/mol. The van der Waals surface area contributed by atoms with E-state index in [1.165, 1.54) is 6.39 Å². The van der Waals surface area contributed by atoms with Crippen LogP contribution >= 0.6 is 0 Å². The largest absolute Gasteiger partial charge is 0.455 e. The quantitative estimate of drug-likeness (QED) is 0.797. The number of benzene rings is 2. The molecule has 0 fully saturated rings. The number of aryl methyl sites for hydroxylation is 1. The number of nitrogens with zero attached hydrogens (tertiary/aromatic N) is 2. The van der Waals surface area contributed by atoms with Crippen LogP contribution < -0.4 is 10.6 Å². The molecule has 1 aromatic heterocycles. The van der Waals surface area contributed by atoms with Gasteiger partial charge in [-0.25, -0.2) is 4.98 Å². The molecule has 3 aromatic rings. The Morgan fingerprint density at radius 2 is 1.75 bits per heavy atom. The molecule has 0 aliphatic carbocycles. The molecule has 2 heterocycles. The van der Waals surface area contributed by atoms with Crippen LogP contribution in [0.5, 0.6) is 0 Å². The highest BCUT2D eigenvalue weighted by Gasteiger charge is 2.24. The van der Waals surface area contributed by atoms with Crippen LogP contribution in [0.25, 0.3) is 17.1 Å². The molecule has 5 nitrogen and oxygen atoms in total. The zero-order valence-electron chi connectivity index (χ0n) is 13.2. The average molecular weight is 319 g/mol. The molecule has 0 saturated carbocycles. The minimum Gasteiger partial charge on any atom is -0.455 e. The van der Waals surface area contributed by atoms with Gasteiger partial charge in [0.15, 0.2) is 12.2 Å². The average Bonchev–Trinajstić information content (AvgIpc) is 3.22. The van der Waals surface area contributed by atoms with Crippen LogP contribution in [0, 0.1) is 6.92 Å². The van der Waals surface area contributed by atoms with E-state index in [9.17, 15) is 0 Å². The van der Waals surface area contributed by atoms with Crippen molar-refractivity contribution in [1.29, 1.82) is 0 Å². The summed E-state index contributed by atoms with van der Waals surface area (Å²) >= 11 is 0. The van der Waals surface area contributed by atoms with Gasteiger partial charge in [0.2, 0.25) is 6.35 Å². The van der Waals surface area contributed by atoms with Gasteiger partial charge in [-0.1, -0.05) is 30.3 Å². The maximum absolute atomic E-state index is 6.12. The molecule has 0 spiro atoms. The topological polar surface area (TPSA) is 64.5 Å². The summed E-state index contributed by atoms with van der Waals surface area (Å²) in [4.78, 5) is 6.02. The van der Waals surface area contributed by atoms with E-state index in [2.05, 4.69) is 4.98 Å². The van der Waals surface area contributed by atoms with Crippen molar-refractivity contribution >= 4 is 11.4 Å². The molecule has 1 atom stereocenters. The predicted octanol–water partition coefficient (Wildman–Crippen LogP) is 3.73. The smallest absolute Gasteiger partial charge is 0.231 e. The van der Waals surface area contributed by atoms with Crippen molar-refractivity contribution in [3.8, 4) is 11.3 Å². The van der Waals surface area contributed by atoms with Crippen molar-refractivity contribution < 1.29 is 9.15 Å². The zero-order valence-corrected chi connectivity index (χ0v) is 13.2. The van der Waals surface area contributed by atoms with Crippen molar-refractivity contribution in [3.05, 3.63) is 78.4 Å². The minimum atomic E-state index is -0.543. The summed E-state index contributed by atoms with van der Waals surface area (Å²) in [5, 5.41) is 0. The van der Waals surface area contributed by atoms with Gasteiger partial charge in [0, 0.05) is 16.8 Å². The summed E-state index contributed by atoms with van der Waals surface area (Å²) in [6.45, 7) is 1.92. The number of oxazole rings is 1. The third-order valence-corrected chi connectivity index (χ3v) is 4.01. The second-order valence-electron chi connectivity index (χ2n) is 5.59. The summed E-state index contributed by atoms with van der Waals surface area (Å²) in [6, 6.07) is 17.9. The lowest BCUT2D eigenvalue weighted by molar-refractivity contribution is 0.199. The number of ether oxygens (including phenoxy) is 1. The third kappa shape index (κ3) is 2.55. The van der Waals surface area contributed by atoms with Crippen LogP contribution in [-0.4, -0.2) is 11.3 Å². The first-order chi connectivity index (χ1) is 11.7.